The van der Waals surface area contributed by atoms with Crippen molar-refractivity contribution in [1.82, 2.24) is 0 Å². The molecule has 14 rings (SSSR count). The van der Waals surface area contributed by atoms with Crippen molar-refractivity contribution in [3.63, 3.8) is 0 Å². The van der Waals surface area contributed by atoms with Gasteiger partial charge in [0.25, 0.3) is 6.71 Å². The second-order valence-corrected chi connectivity index (χ2v) is 24.4. The van der Waals surface area contributed by atoms with E-state index in [-0.39, 0.29) is 28.5 Å². The van der Waals surface area contributed by atoms with Gasteiger partial charge in [-0.25, -0.2) is 0 Å². The molecule has 0 N–H and O–H groups in total. The number of hydrogen-bond acceptors (Lipinski definition) is 5. The molecule has 1 aliphatic carbocycles. The van der Waals surface area contributed by atoms with Gasteiger partial charge in [-0.3, -0.25) is 0 Å². The fourth-order valence-electron chi connectivity index (χ4n) is 13.4. The molecule has 2 aromatic heterocycles. The Hall–Kier alpha value is -6.76. The third kappa shape index (κ3) is 5.77. The topological polar surface area (TPSA) is 22.9 Å². The van der Waals surface area contributed by atoms with E-state index in [1.54, 1.807) is 0 Å². The second kappa shape index (κ2) is 14.4. The molecule has 4 nitrogen and oxygen atoms in total. The summed E-state index contributed by atoms with van der Waals surface area (Å²) >= 11 is 1.90. The van der Waals surface area contributed by atoms with Gasteiger partial charge in [0.1, 0.15) is 11.2 Å². The van der Waals surface area contributed by atoms with Gasteiger partial charge < -0.3 is 19.1 Å². The highest BCUT2D eigenvalue weighted by Crippen LogP contribution is 2.62. The third-order valence-corrected chi connectivity index (χ3v) is 18.4. The number of fused-ring (bicyclic) bond motifs is 13. The highest BCUT2D eigenvalue weighted by atomic mass is 32.1. The first-order valence-electron chi connectivity index (χ1n) is 25.5. The van der Waals surface area contributed by atoms with E-state index in [1.165, 1.54) is 112 Å². The van der Waals surface area contributed by atoms with Gasteiger partial charge in [0, 0.05) is 87.9 Å². The Labute approximate surface area is 416 Å². The molecule has 2 atom stereocenters. The van der Waals surface area contributed by atoms with Crippen LogP contribution in [0.15, 0.2) is 162 Å². The Morgan fingerprint density at radius 1 is 0.486 bits per heavy atom. The number of anilines is 8. The van der Waals surface area contributed by atoms with Crippen LogP contribution in [0.5, 0.6) is 0 Å². The number of rotatable bonds is 3. The Morgan fingerprint density at radius 2 is 1.06 bits per heavy atom. The van der Waals surface area contributed by atoms with Crippen LogP contribution >= 0.6 is 11.3 Å². The highest BCUT2D eigenvalue weighted by Gasteiger charge is 2.58. The summed E-state index contributed by atoms with van der Waals surface area (Å²) in [5.41, 5.74) is 19.5. The van der Waals surface area contributed by atoms with Crippen molar-refractivity contribution < 1.29 is 4.42 Å². The van der Waals surface area contributed by atoms with Crippen molar-refractivity contribution in [2.24, 2.45) is 0 Å². The Morgan fingerprint density at radius 3 is 1.76 bits per heavy atom. The molecule has 2 unspecified atom stereocenters. The summed E-state index contributed by atoms with van der Waals surface area (Å²) in [5.74, 6) is 0. The van der Waals surface area contributed by atoms with E-state index in [1.807, 2.05) is 11.3 Å². The average molecular weight is 928 g/mol. The molecule has 0 spiro atoms. The SMILES string of the molecule is CC(C)(C)c1ccc2c(c1)N(c1ccc3c(c1)oc1ccccc13)c1cc(N3c4ccccc4C4(C)CCCCC34C)cc3c1B2c1ccc(C(C)(C)C)cc1N3c1ccc2c(c1)sc1ccccc12. The van der Waals surface area contributed by atoms with Crippen LogP contribution in [0.25, 0.3) is 42.1 Å². The van der Waals surface area contributed by atoms with Gasteiger partial charge >= 0.3 is 0 Å². The summed E-state index contributed by atoms with van der Waals surface area (Å²) in [4.78, 5) is 8.03. The number of furan rings is 1. The van der Waals surface area contributed by atoms with E-state index in [2.05, 4.69) is 228 Å². The van der Waals surface area contributed by atoms with Crippen LogP contribution in [0, 0.1) is 0 Å². The van der Waals surface area contributed by atoms with Gasteiger partial charge in [0.05, 0.1) is 5.54 Å². The lowest BCUT2D eigenvalue weighted by molar-refractivity contribution is 0.195. The van der Waals surface area contributed by atoms with Gasteiger partial charge in [-0.15, -0.1) is 11.3 Å². The Balaban J connectivity index is 1.12. The fraction of sp³-hybridized carbons (Fsp3) is 0.250. The Kier molecular flexibility index (Phi) is 8.68. The molecule has 10 aromatic rings. The minimum absolute atomic E-state index is 0.00213. The summed E-state index contributed by atoms with van der Waals surface area (Å²) in [7, 11) is 0. The first-order chi connectivity index (χ1) is 33.7. The summed E-state index contributed by atoms with van der Waals surface area (Å²) in [6.45, 7) is 19.2. The minimum atomic E-state index is -0.133. The number of thiophene rings is 1. The molecule has 4 aliphatic rings. The van der Waals surface area contributed by atoms with Crippen LogP contribution in [-0.2, 0) is 16.2 Å². The largest absolute Gasteiger partial charge is 0.456 e. The molecule has 8 aromatic carbocycles. The molecule has 0 saturated heterocycles. The molecular weight excluding hydrogens is 870 g/mol. The van der Waals surface area contributed by atoms with Crippen LogP contribution < -0.4 is 31.1 Å². The van der Waals surface area contributed by atoms with E-state index in [4.69, 9.17) is 4.42 Å². The van der Waals surface area contributed by atoms with Crippen LogP contribution in [0.2, 0.25) is 0 Å². The van der Waals surface area contributed by atoms with Crippen LogP contribution in [-0.4, -0.2) is 12.3 Å². The number of para-hydroxylation sites is 2. The lowest BCUT2D eigenvalue weighted by Crippen LogP contribution is -2.61. The first kappa shape index (κ1) is 42.2. The number of hydrogen-bond donors (Lipinski definition) is 0. The quantitative estimate of drug-likeness (QED) is 0.165. The maximum atomic E-state index is 6.72. The first-order valence-corrected chi connectivity index (χ1v) is 26.3. The normalized spacial score (nSPS) is 19.5. The van der Waals surface area contributed by atoms with E-state index >= 15 is 0 Å². The molecule has 1 fully saturated rings. The molecule has 0 bridgehead atoms. The molecule has 0 radical (unpaired) electrons. The molecule has 5 heterocycles. The third-order valence-electron chi connectivity index (χ3n) is 17.3. The van der Waals surface area contributed by atoms with Crippen molar-refractivity contribution in [3.8, 4) is 0 Å². The molecule has 1 saturated carbocycles. The number of benzene rings is 8. The van der Waals surface area contributed by atoms with Gasteiger partial charge in [0.15, 0.2) is 0 Å². The van der Waals surface area contributed by atoms with Crippen molar-refractivity contribution in [3.05, 3.63) is 174 Å². The predicted octanol–water partition coefficient (Wildman–Crippen LogP) is 16.4. The summed E-state index contributed by atoms with van der Waals surface area (Å²) in [6.07, 6.45) is 4.76. The van der Waals surface area contributed by atoms with Crippen molar-refractivity contribution in [2.45, 2.75) is 103 Å². The van der Waals surface area contributed by atoms with Gasteiger partial charge in [-0.05, 0) is 130 Å². The van der Waals surface area contributed by atoms with Gasteiger partial charge in [-0.2, -0.15) is 0 Å². The van der Waals surface area contributed by atoms with Crippen LogP contribution in [0.3, 0.4) is 0 Å². The van der Waals surface area contributed by atoms with Gasteiger partial charge in [0.2, 0.25) is 0 Å². The van der Waals surface area contributed by atoms with Gasteiger partial charge in [-0.1, -0.05) is 146 Å². The zero-order chi connectivity index (χ0) is 47.6. The van der Waals surface area contributed by atoms with Crippen LogP contribution in [0.4, 0.5) is 45.5 Å². The van der Waals surface area contributed by atoms with Crippen LogP contribution in [0.1, 0.15) is 97.8 Å². The standard InChI is InChI=1S/C64H58BN3OS/c1-61(2,3)39-23-29-49-52(33-39)66(41-25-27-45-44-17-9-13-21-56(44)69-57(45)37-41)54-35-43(68-51-20-12-11-19-48(51)63(7)31-15-16-32-64(63,68)8)36-55-60(54)65(49)50-30-24-40(62(4,5)6)34-53(50)67(55)42-26-28-47-46-18-10-14-22-58(46)70-59(47)38-42/h9-14,17-30,33-38H,15-16,31-32H2,1-8H3. The molecular formula is C64H58BN3OS. The predicted molar refractivity (Wildman–Crippen MR) is 301 cm³/mol. The van der Waals surface area contributed by atoms with E-state index in [0.717, 1.165) is 34.0 Å². The van der Waals surface area contributed by atoms with E-state index < -0.39 is 0 Å². The minimum Gasteiger partial charge on any atom is -0.456 e. The maximum Gasteiger partial charge on any atom is 0.252 e. The zero-order valence-corrected chi connectivity index (χ0v) is 42.4. The molecule has 3 aliphatic heterocycles. The van der Waals surface area contributed by atoms with E-state index in [0.29, 0.717) is 0 Å². The average Bonchev–Trinajstić information content (AvgIpc) is 3.98. The fourth-order valence-corrected chi connectivity index (χ4v) is 14.5. The lowest BCUT2D eigenvalue weighted by Gasteiger charge is -2.51. The molecule has 0 amide bonds. The second-order valence-electron chi connectivity index (χ2n) is 23.3. The number of nitrogens with zero attached hydrogens (tertiary/aromatic N) is 3. The highest BCUT2D eigenvalue weighted by molar-refractivity contribution is 7.25. The monoisotopic (exact) mass is 927 g/mol. The Bertz CT molecular complexity index is 3640. The van der Waals surface area contributed by atoms with Crippen molar-refractivity contribution in [1.29, 1.82) is 0 Å². The molecule has 344 valence electrons. The lowest BCUT2D eigenvalue weighted by atomic mass is 9.33. The summed E-state index contributed by atoms with van der Waals surface area (Å²) in [6, 6.07) is 60.7. The van der Waals surface area contributed by atoms with Crippen molar-refractivity contribution >= 4 is 122 Å². The smallest absolute Gasteiger partial charge is 0.252 e. The molecule has 70 heavy (non-hydrogen) atoms. The summed E-state index contributed by atoms with van der Waals surface area (Å²) in [5, 5.41) is 4.92. The van der Waals surface area contributed by atoms with E-state index in [9.17, 15) is 0 Å². The maximum absolute atomic E-state index is 6.72. The molecule has 6 heteroatoms. The summed E-state index contributed by atoms with van der Waals surface area (Å²) < 4.78 is 9.34. The van der Waals surface area contributed by atoms with Crippen molar-refractivity contribution in [2.75, 3.05) is 14.7 Å². The zero-order valence-electron chi connectivity index (χ0n) is 41.6.